The Morgan fingerprint density at radius 2 is 1.83 bits per heavy atom. The van der Waals surface area contributed by atoms with Crippen molar-refractivity contribution in [1.82, 2.24) is 5.32 Å². The number of carbonyl (C=O) groups excluding carboxylic acids is 1. The number of ether oxygens (including phenoxy) is 2. The van der Waals surface area contributed by atoms with Crippen LogP contribution < -0.4 is 14.8 Å². The molecule has 4 heteroatoms. The van der Waals surface area contributed by atoms with Gasteiger partial charge in [-0.25, -0.2) is 0 Å². The second-order valence-electron chi connectivity index (χ2n) is 5.82. The molecule has 0 aliphatic rings. The molecule has 0 fully saturated rings. The monoisotopic (exact) mass is 327 g/mol. The van der Waals surface area contributed by atoms with E-state index >= 15 is 0 Å². The van der Waals surface area contributed by atoms with Gasteiger partial charge in [-0.1, -0.05) is 29.8 Å². The molecule has 4 nitrogen and oxygen atoms in total. The Morgan fingerprint density at radius 3 is 2.50 bits per heavy atom. The van der Waals surface area contributed by atoms with Crippen molar-refractivity contribution in [2.45, 2.75) is 32.8 Å². The molecule has 0 aromatic heterocycles. The summed E-state index contributed by atoms with van der Waals surface area (Å²) in [5.74, 6) is 1.31. The van der Waals surface area contributed by atoms with Gasteiger partial charge in [0.1, 0.15) is 11.5 Å². The van der Waals surface area contributed by atoms with Gasteiger partial charge in [0.25, 0.3) is 5.91 Å². The number of carbonyl (C=O) groups is 1. The molecule has 2 rings (SSSR count). The molecule has 1 unspecified atom stereocenters. The fourth-order valence-corrected chi connectivity index (χ4v) is 2.43. The molecule has 1 N–H and O–H groups in total. The maximum atomic E-state index is 12.1. The predicted molar refractivity (Wildman–Crippen MR) is 95.6 cm³/mol. The first kappa shape index (κ1) is 17.9. The van der Waals surface area contributed by atoms with Crippen LogP contribution in [0, 0.1) is 6.92 Å². The molecule has 0 aliphatic heterocycles. The Balaban J connectivity index is 1.71. The van der Waals surface area contributed by atoms with Crippen molar-refractivity contribution < 1.29 is 14.3 Å². The average molecular weight is 327 g/mol. The van der Waals surface area contributed by atoms with E-state index in [1.165, 1.54) is 11.1 Å². The molecule has 0 saturated carbocycles. The van der Waals surface area contributed by atoms with Crippen molar-refractivity contribution >= 4 is 5.91 Å². The van der Waals surface area contributed by atoms with Crippen molar-refractivity contribution in [2.24, 2.45) is 0 Å². The first-order valence-corrected chi connectivity index (χ1v) is 8.22. The predicted octanol–water partition coefficient (Wildman–Crippen LogP) is 3.52. The van der Waals surface area contributed by atoms with E-state index in [0.717, 1.165) is 18.6 Å². The van der Waals surface area contributed by atoms with Crippen LogP contribution >= 0.6 is 0 Å². The SMILES string of the molecule is COc1ccc(OC(C)C(=O)NCCCc2cccc(C)c2)cc1. The zero-order chi connectivity index (χ0) is 17.4. The normalized spacial score (nSPS) is 11.6. The fourth-order valence-electron chi connectivity index (χ4n) is 2.43. The number of nitrogens with one attached hydrogen (secondary N) is 1. The number of rotatable bonds is 8. The topological polar surface area (TPSA) is 47.6 Å². The quantitative estimate of drug-likeness (QED) is 0.755. The first-order chi connectivity index (χ1) is 11.6. The molecule has 0 saturated heterocycles. The Bertz CT molecular complexity index is 652. The average Bonchev–Trinajstić information content (AvgIpc) is 2.59. The van der Waals surface area contributed by atoms with E-state index in [0.29, 0.717) is 12.3 Å². The summed E-state index contributed by atoms with van der Waals surface area (Å²) in [7, 11) is 1.61. The smallest absolute Gasteiger partial charge is 0.260 e. The minimum Gasteiger partial charge on any atom is -0.497 e. The molecule has 0 radical (unpaired) electrons. The summed E-state index contributed by atoms with van der Waals surface area (Å²) in [4.78, 5) is 12.1. The van der Waals surface area contributed by atoms with Gasteiger partial charge in [0.05, 0.1) is 7.11 Å². The molecule has 2 aromatic rings. The highest BCUT2D eigenvalue weighted by Gasteiger charge is 2.13. The van der Waals surface area contributed by atoms with Crippen molar-refractivity contribution in [3.8, 4) is 11.5 Å². The standard InChI is InChI=1S/C20H25NO3/c1-15-6-4-7-17(14-15)8-5-13-21-20(22)16(2)24-19-11-9-18(23-3)10-12-19/h4,6-7,9-12,14,16H,5,8,13H2,1-3H3,(H,21,22). The Hall–Kier alpha value is -2.49. The van der Waals surface area contributed by atoms with Crippen LogP contribution in [0.4, 0.5) is 0 Å². The van der Waals surface area contributed by atoms with Gasteiger partial charge >= 0.3 is 0 Å². The molecular weight excluding hydrogens is 302 g/mol. The summed E-state index contributed by atoms with van der Waals surface area (Å²) in [6.45, 7) is 4.48. The molecule has 1 atom stereocenters. The first-order valence-electron chi connectivity index (χ1n) is 8.22. The lowest BCUT2D eigenvalue weighted by atomic mass is 10.1. The number of amides is 1. The summed E-state index contributed by atoms with van der Waals surface area (Å²) < 4.78 is 10.7. The lowest BCUT2D eigenvalue weighted by Gasteiger charge is -2.15. The van der Waals surface area contributed by atoms with Gasteiger partial charge < -0.3 is 14.8 Å². The van der Waals surface area contributed by atoms with E-state index in [1.54, 1.807) is 26.2 Å². The molecule has 1 amide bonds. The van der Waals surface area contributed by atoms with Crippen LogP contribution in [0.15, 0.2) is 48.5 Å². The zero-order valence-electron chi connectivity index (χ0n) is 14.5. The van der Waals surface area contributed by atoms with Crippen molar-refractivity contribution in [2.75, 3.05) is 13.7 Å². The highest BCUT2D eigenvalue weighted by molar-refractivity contribution is 5.80. The van der Waals surface area contributed by atoms with E-state index in [2.05, 4.69) is 36.5 Å². The maximum absolute atomic E-state index is 12.1. The molecule has 24 heavy (non-hydrogen) atoms. The van der Waals surface area contributed by atoms with Crippen LogP contribution in [0.3, 0.4) is 0 Å². The van der Waals surface area contributed by atoms with E-state index in [1.807, 2.05) is 12.1 Å². The summed E-state index contributed by atoms with van der Waals surface area (Å²) in [5, 5.41) is 2.92. The second-order valence-corrected chi connectivity index (χ2v) is 5.82. The van der Waals surface area contributed by atoms with Gasteiger partial charge in [0.15, 0.2) is 6.10 Å². The van der Waals surface area contributed by atoms with Gasteiger partial charge in [-0.05, 0) is 56.5 Å². The fraction of sp³-hybridized carbons (Fsp3) is 0.350. The Kier molecular flexibility index (Phi) is 6.67. The molecule has 0 bridgehead atoms. The second kappa shape index (κ2) is 8.96. The molecular formula is C20H25NO3. The third-order valence-electron chi connectivity index (χ3n) is 3.77. The maximum Gasteiger partial charge on any atom is 0.260 e. The van der Waals surface area contributed by atoms with Crippen LogP contribution in [0.2, 0.25) is 0 Å². The van der Waals surface area contributed by atoms with Gasteiger partial charge in [0, 0.05) is 6.54 Å². The van der Waals surface area contributed by atoms with Crippen LogP contribution in [0.25, 0.3) is 0 Å². The number of aryl methyl sites for hydroxylation is 2. The molecule has 0 spiro atoms. The highest BCUT2D eigenvalue weighted by Crippen LogP contribution is 2.18. The van der Waals surface area contributed by atoms with Crippen LogP contribution in [-0.2, 0) is 11.2 Å². The summed E-state index contributed by atoms with van der Waals surface area (Å²) in [5.41, 5.74) is 2.56. The minimum atomic E-state index is -0.530. The molecule has 128 valence electrons. The Morgan fingerprint density at radius 1 is 1.12 bits per heavy atom. The summed E-state index contributed by atoms with van der Waals surface area (Å²) >= 11 is 0. The van der Waals surface area contributed by atoms with E-state index in [-0.39, 0.29) is 5.91 Å². The molecule has 0 aliphatic carbocycles. The van der Waals surface area contributed by atoms with Gasteiger partial charge in [0.2, 0.25) is 0 Å². The van der Waals surface area contributed by atoms with Crippen molar-refractivity contribution in [1.29, 1.82) is 0 Å². The van der Waals surface area contributed by atoms with E-state index < -0.39 is 6.10 Å². The third-order valence-corrected chi connectivity index (χ3v) is 3.77. The molecule has 0 heterocycles. The highest BCUT2D eigenvalue weighted by atomic mass is 16.5. The Labute approximate surface area is 143 Å². The number of hydrogen-bond acceptors (Lipinski definition) is 3. The lowest BCUT2D eigenvalue weighted by Crippen LogP contribution is -2.36. The largest absolute Gasteiger partial charge is 0.497 e. The molecule has 2 aromatic carbocycles. The van der Waals surface area contributed by atoms with Gasteiger partial charge in [-0.2, -0.15) is 0 Å². The van der Waals surface area contributed by atoms with Gasteiger partial charge in [-0.3, -0.25) is 4.79 Å². The lowest BCUT2D eigenvalue weighted by molar-refractivity contribution is -0.127. The third kappa shape index (κ3) is 5.61. The van der Waals surface area contributed by atoms with Crippen LogP contribution in [-0.4, -0.2) is 25.7 Å². The number of methoxy groups -OCH3 is 1. The number of benzene rings is 2. The minimum absolute atomic E-state index is 0.102. The van der Waals surface area contributed by atoms with Crippen molar-refractivity contribution in [3.63, 3.8) is 0 Å². The van der Waals surface area contributed by atoms with Crippen molar-refractivity contribution in [3.05, 3.63) is 59.7 Å². The summed E-state index contributed by atoms with van der Waals surface area (Å²) in [6.07, 6.45) is 1.33. The van der Waals surface area contributed by atoms with E-state index in [4.69, 9.17) is 9.47 Å². The van der Waals surface area contributed by atoms with Crippen LogP contribution in [0.5, 0.6) is 11.5 Å². The van der Waals surface area contributed by atoms with E-state index in [9.17, 15) is 4.79 Å². The van der Waals surface area contributed by atoms with Crippen LogP contribution in [0.1, 0.15) is 24.5 Å². The zero-order valence-corrected chi connectivity index (χ0v) is 14.5. The summed E-state index contributed by atoms with van der Waals surface area (Å²) in [6, 6.07) is 15.6. The number of hydrogen-bond donors (Lipinski definition) is 1. The van der Waals surface area contributed by atoms with Gasteiger partial charge in [-0.15, -0.1) is 0 Å².